The summed E-state index contributed by atoms with van der Waals surface area (Å²) in [5.74, 6) is 0.421. The number of nitrogens with one attached hydrogen (secondary N) is 1. The zero-order chi connectivity index (χ0) is 23.9. The van der Waals surface area contributed by atoms with Crippen LogP contribution in [0.4, 0.5) is 11.4 Å². The van der Waals surface area contributed by atoms with Gasteiger partial charge in [-0.2, -0.15) is 0 Å². The second-order valence-electron chi connectivity index (χ2n) is 8.85. The topological polar surface area (TPSA) is 49.4 Å². The summed E-state index contributed by atoms with van der Waals surface area (Å²) in [5, 5.41) is 2.91. The maximum absolute atomic E-state index is 12.9. The zero-order valence-electron chi connectivity index (χ0n) is 19.9. The van der Waals surface area contributed by atoms with Crippen LogP contribution in [0.5, 0.6) is 0 Å². The van der Waals surface area contributed by atoms with Crippen molar-refractivity contribution in [1.29, 1.82) is 0 Å². The van der Waals surface area contributed by atoms with Gasteiger partial charge in [0.15, 0.2) is 0 Å². The fraction of sp³-hybridized carbons (Fsp3) is 0.310. The van der Waals surface area contributed by atoms with Gasteiger partial charge in [-0.25, -0.2) is 0 Å². The summed E-state index contributed by atoms with van der Waals surface area (Å²) in [6.45, 7) is 4.25. The average molecular weight is 473 g/mol. The molecule has 176 valence electrons. The van der Waals surface area contributed by atoms with Crippen LogP contribution in [0.1, 0.15) is 65.0 Å². The van der Waals surface area contributed by atoms with Crippen molar-refractivity contribution >= 4 is 35.0 Å². The van der Waals surface area contributed by atoms with Gasteiger partial charge in [0, 0.05) is 16.9 Å². The third-order valence-corrected chi connectivity index (χ3v) is 7.32. The lowest BCUT2D eigenvalue weighted by Crippen LogP contribution is -2.27. The molecule has 1 aliphatic rings. The molecule has 0 unspecified atom stereocenters. The van der Waals surface area contributed by atoms with E-state index in [1.807, 2.05) is 72.5 Å². The molecule has 0 bridgehead atoms. The molecule has 4 rings (SSSR count). The SMILES string of the molecule is CCCCCCc1ccc(C(=O)Nc2cccc([C@H]3SCC(=O)N3c3cccc(C)c3)c2)cc1. The summed E-state index contributed by atoms with van der Waals surface area (Å²) in [7, 11) is 0. The highest BCUT2D eigenvalue weighted by Gasteiger charge is 2.34. The third kappa shape index (κ3) is 5.89. The van der Waals surface area contributed by atoms with Crippen LogP contribution in [0.2, 0.25) is 0 Å². The van der Waals surface area contributed by atoms with Gasteiger partial charge in [0.1, 0.15) is 5.37 Å². The first-order valence-electron chi connectivity index (χ1n) is 12.1. The predicted octanol–water partition coefficient (Wildman–Crippen LogP) is 7.15. The summed E-state index contributed by atoms with van der Waals surface area (Å²) in [5.41, 5.74) is 5.68. The molecule has 0 saturated carbocycles. The van der Waals surface area contributed by atoms with E-state index < -0.39 is 0 Å². The fourth-order valence-corrected chi connectivity index (χ4v) is 5.45. The van der Waals surface area contributed by atoms with Crippen LogP contribution in [-0.4, -0.2) is 17.6 Å². The van der Waals surface area contributed by atoms with Crippen molar-refractivity contribution in [3.05, 3.63) is 95.1 Å². The van der Waals surface area contributed by atoms with E-state index >= 15 is 0 Å². The van der Waals surface area contributed by atoms with Crippen LogP contribution in [0, 0.1) is 6.92 Å². The number of hydrogen-bond acceptors (Lipinski definition) is 3. The van der Waals surface area contributed by atoms with Gasteiger partial charge in [0.05, 0.1) is 5.75 Å². The summed E-state index contributed by atoms with van der Waals surface area (Å²) in [6.07, 6.45) is 6.00. The molecular formula is C29H32N2O2S. The van der Waals surface area contributed by atoms with Crippen LogP contribution in [-0.2, 0) is 11.2 Å². The van der Waals surface area contributed by atoms with Gasteiger partial charge in [-0.05, 0) is 72.9 Å². The maximum atomic E-state index is 12.9. The third-order valence-electron chi connectivity index (χ3n) is 6.11. The number of unbranched alkanes of at least 4 members (excludes halogenated alkanes) is 3. The molecule has 0 radical (unpaired) electrons. The van der Waals surface area contributed by atoms with Crippen LogP contribution in [0.15, 0.2) is 72.8 Å². The molecule has 34 heavy (non-hydrogen) atoms. The van der Waals surface area contributed by atoms with Gasteiger partial charge >= 0.3 is 0 Å². The highest BCUT2D eigenvalue weighted by molar-refractivity contribution is 8.00. The Balaban J connectivity index is 1.44. The Labute approximate surface area is 206 Å². The van der Waals surface area contributed by atoms with Gasteiger partial charge in [-0.1, -0.05) is 62.6 Å². The van der Waals surface area contributed by atoms with E-state index in [2.05, 4.69) is 24.4 Å². The Morgan fingerprint density at radius 3 is 2.56 bits per heavy atom. The minimum Gasteiger partial charge on any atom is -0.322 e. The summed E-state index contributed by atoms with van der Waals surface area (Å²) < 4.78 is 0. The first-order chi connectivity index (χ1) is 16.5. The van der Waals surface area contributed by atoms with Gasteiger partial charge < -0.3 is 5.32 Å². The minimum atomic E-state index is -0.125. The van der Waals surface area contributed by atoms with Crippen molar-refractivity contribution in [2.75, 3.05) is 16.0 Å². The Morgan fingerprint density at radius 1 is 1.00 bits per heavy atom. The summed E-state index contributed by atoms with van der Waals surface area (Å²) in [6, 6.07) is 23.7. The highest BCUT2D eigenvalue weighted by atomic mass is 32.2. The number of anilines is 2. The number of thioether (sulfide) groups is 1. The summed E-state index contributed by atoms with van der Waals surface area (Å²) in [4.78, 5) is 27.4. The number of carbonyl (C=O) groups is 2. The lowest BCUT2D eigenvalue weighted by atomic mass is 10.0. The minimum absolute atomic E-state index is 0.102. The van der Waals surface area contributed by atoms with Crippen LogP contribution >= 0.6 is 11.8 Å². The lowest BCUT2D eigenvalue weighted by molar-refractivity contribution is -0.115. The number of aryl methyl sites for hydroxylation is 2. The average Bonchev–Trinajstić information content (AvgIpc) is 3.24. The smallest absolute Gasteiger partial charge is 0.255 e. The Kier molecular flexibility index (Phi) is 8.07. The molecule has 1 heterocycles. The molecule has 1 aliphatic heterocycles. The predicted molar refractivity (Wildman–Crippen MR) is 143 cm³/mol. The first-order valence-corrected chi connectivity index (χ1v) is 13.1. The second kappa shape index (κ2) is 11.4. The van der Waals surface area contributed by atoms with E-state index in [1.54, 1.807) is 11.8 Å². The van der Waals surface area contributed by atoms with Crippen LogP contribution < -0.4 is 10.2 Å². The second-order valence-corrected chi connectivity index (χ2v) is 9.92. The van der Waals surface area contributed by atoms with Crippen molar-refractivity contribution in [3.63, 3.8) is 0 Å². The Hall–Kier alpha value is -3.05. The molecule has 3 aromatic rings. The van der Waals surface area contributed by atoms with Crippen LogP contribution in [0.25, 0.3) is 0 Å². The largest absolute Gasteiger partial charge is 0.322 e. The normalized spacial score (nSPS) is 15.5. The summed E-state index contributed by atoms with van der Waals surface area (Å²) >= 11 is 1.61. The first kappa shape index (κ1) is 24.1. The van der Waals surface area contributed by atoms with E-state index in [0.717, 1.165) is 28.9 Å². The number of hydrogen-bond donors (Lipinski definition) is 1. The fourth-order valence-electron chi connectivity index (χ4n) is 4.28. The van der Waals surface area contributed by atoms with Gasteiger partial charge in [0.25, 0.3) is 5.91 Å². The van der Waals surface area contributed by atoms with E-state index in [0.29, 0.717) is 11.3 Å². The molecule has 1 N–H and O–H groups in total. The van der Waals surface area contributed by atoms with Crippen molar-refractivity contribution in [2.24, 2.45) is 0 Å². The molecule has 1 saturated heterocycles. The zero-order valence-corrected chi connectivity index (χ0v) is 20.7. The maximum Gasteiger partial charge on any atom is 0.255 e. The monoisotopic (exact) mass is 472 g/mol. The quantitative estimate of drug-likeness (QED) is 0.337. The van der Waals surface area contributed by atoms with Gasteiger partial charge in [0.2, 0.25) is 5.91 Å². The van der Waals surface area contributed by atoms with E-state index in [4.69, 9.17) is 0 Å². The van der Waals surface area contributed by atoms with Crippen LogP contribution in [0.3, 0.4) is 0 Å². The Morgan fingerprint density at radius 2 is 1.79 bits per heavy atom. The van der Waals surface area contributed by atoms with Crippen molar-refractivity contribution in [2.45, 2.75) is 51.3 Å². The van der Waals surface area contributed by atoms with Crippen molar-refractivity contribution in [3.8, 4) is 0 Å². The van der Waals surface area contributed by atoms with E-state index in [1.165, 1.54) is 31.2 Å². The standard InChI is InChI=1S/C29H32N2O2S/c1-3-4-5-6-10-22-14-16-23(17-15-22)28(33)30-25-12-8-11-24(19-25)29-31(27(32)20-34-29)26-13-7-9-21(2)18-26/h7-9,11-19,29H,3-6,10,20H2,1-2H3,(H,30,33)/t29-/m1/s1. The number of carbonyl (C=O) groups excluding carboxylic acids is 2. The molecule has 3 aromatic carbocycles. The van der Waals surface area contributed by atoms with Gasteiger partial charge in [-0.15, -0.1) is 11.8 Å². The molecule has 0 aromatic heterocycles. The number of amides is 2. The van der Waals surface area contributed by atoms with Gasteiger partial charge in [-0.3, -0.25) is 14.5 Å². The molecule has 5 heteroatoms. The van der Waals surface area contributed by atoms with Crippen molar-refractivity contribution < 1.29 is 9.59 Å². The molecule has 0 spiro atoms. The highest BCUT2D eigenvalue weighted by Crippen LogP contribution is 2.42. The number of benzene rings is 3. The van der Waals surface area contributed by atoms with Crippen molar-refractivity contribution in [1.82, 2.24) is 0 Å². The Bertz CT molecular complexity index is 1140. The molecule has 1 atom stereocenters. The molecule has 2 amide bonds. The number of rotatable bonds is 9. The molecule has 0 aliphatic carbocycles. The molecule has 4 nitrogen and oxygen atoms in total. The molecular weight excluding hydrogens is 440 g/mol. The number of nitrogens with zero attached hydrogens (tertiary/aromatic N) is 1. The lowest BCUT2D eigenvalue weighted by Gasteiger charge is -2.25. The van der Waals surface area contributed by atoms with E-state index in [9.17, 15) is 9.59 Å². The molecule has 1 fully saturated rings. The van der Waals surface area contributed by atoms with E-state index in [-0.39, 0.29) is 17.2 Å².